The van der Waals surface area contributed by atoms with E-state index in [-0.39, 0.29) is 11.8 Å². The van der Waals surface area contributed by atoms with Crippen LogP contribution in [-0.4, -0.2) is 23.8 Å². The van der Waals surface area contributed by atoms with Gasteiger partial charge in [0.2, 0.25) is 0 Å². The zero-order chi connectivity index (χ0) is 24.8. The molecule has 0 radical (unpaired) electrons. The van der Waals surface area contributed by atoms with Crippen LogP contribution in [0.4, 0.5) is 5.69 Å². The van der Waals surface area contributed by atoms with Gasteiger partial charge in [0.25, 0.3) is 11.8 Å². The fraction of sp³-hybridized carbons (Fsp3) is 0. The molecule has 0 saturated carbocycles. The number of imide groups is 1. The molecule has 0 saturated heterocycles. The third-order valence-corrected chi connectivity index (χ3v) is 5.02. The van der Waals surface area contributed by atoms with Crippen molar-refractivity contribution in [2.24, 2.45) is 0 Å². The van der Waals surface area contributed by atoms with Gasteiger partial charge in [-0.1, -0.05) is 67.3 Å². The van der Waals surface area contributed by atoms with Crippen LogP contribution >= 0.6 is 0 Å². The van der Waals surface area contributed by atoms with E-state index < -0.39 is 11.9 Å². The Balaban J connectivity index is 0.000000158. The van der Waals surface area contributed by atoms with Crippen LogP contribution < -0.4 is 4.90 Å². The van der Waals surface area contributed by atoms with Crippen LogP contribution in [0.25, 0.3) is 28.0 Å². The smallest absolute Gasteiger partial charge is 0.338 e. The largest absolute Gasteiger partial charge is 0.456 e. The molecule has 2 amide bonds. The van der Waals surface area contributed by atoms with Crippen LogP contribution in [0, 0.1) is 0 Å². The Bertz CT molecular complexity index is 1480. The molecule has 1 aromatic heterocycles. The van der Waals surface area contributed by atoms with Crippen molar-refractivity contribution in [2.45, 2.75) is 0 Å². The van der Waals surface area contributed by atoms with E-state index in [2.05, 4.69) is 11.3 Å². The summed E-state index contributed by atoms with van der Waals surface area (Å²) in [7, 11) is 0. The van der Waals surface area contributed by atoms with Crippen LogP contribution in [0.5, 0.6) is 0 Å². The number of furan rings is 1. The lowest BCUT2D eigenvalue weighted by atomic mass is 10.1. The second-order valence-corrected chi connectivity index (χ2v) is 7.28. The van der Waals surface area contributed by atoms with Crippen LogP contribution in [0.1, 0.15) is 5.56 Å². The number of carbonyl (C=O) groups is 4. The highest BCUT2D eigenvalue weighted by Crippen LogP contribution is 2.36. The van der Waals surface area contributed by atoms with Crippen LogP contribution in [-0.2, 0) is 23.9 Å². The molecule has 2 aliphatic rings. The minimum Gasteiger partial charge on any atom is -0.456 e. The monoisotopic (exact) mass is 465 g/mol. The molecule has 0 bridgehead atoms. The van der Waals surface area contributed by atoms with E-state index in [9.17, 15) is 19.2 Å². The lowest BCUT2D eigenvalue weighted by molar-refractivity contribution is -0.150. The van der Waals surface area contributed by atoms with E-state index in [1.54, 1.807) is 12.1 Å². The van der Waals surface area contributed by atoms with Crippen molar-refractivity contribution in [1.82, 2.24) is 0 Å². The molecular formula is C28H19NO6. The maximum absolute atomic E-state index is 11.9. The molecule has 35 heavy (non-hydrogen) atoms. The van der Waals surface area contributed by atoms with E-state index in [0.717, 1.165) is 28.5 Å². The molecule has 3 aromatic carbocycles. The zero-order valence-corrected chi connectivity index (χ0v) is 18.4. The highest BCUT2D eigenvalue weighted by Gasteiger charge is 2.27. The fourth-order valence-electron chi connectivity index (χ4n) is 3.47. The first-order valence-corrected chi connectivity index (χ1v) is 10.6. The first-order chi connectivity index (χ1) is 17.0. The molecule has 4 aromatic rings. The summed E-state index contributed by atoms with van der Waals surface area (Å²) in [5.41, 5.74) is 3.14. The van der Waals surface area contributed by atoms with E-state index in [1.807, 2.05) is 66.7 Å². The Hall–Kier alpha value is -5.04. The number of anilines is 1. The fourth-order valence-corrected chi connectivity index (χ4v) is 3.47. The Kier molecular flexibility index (Phi) is 6.78. The highest BCUT2D eigenvalue weighted by atomic mass is 16.6. The number of amides is 2. The molecule has 6 rings (SSSR count). The van der Waals surface area contributed by atoms with Gasteiger partial charge in [0.1, 0.15) is 11.2 Å². The second-order valence-electron chi connectivity index (χ2n) is 7.28. The number of nitrogens with zero attached hydrogens (tertiary/aromatic N) is 1. The summed E-state index contributed by atoms with van der Waals surface area (Å²) in [6.45, 7) is 3.63. The first kappa shape index (κ1) is 23.1. The summed E-state index contributed by atoms with van der Waals surface area (Å²) in [5, 5.41) is 1.68. The summed E-state index contributed by atoms with van der Waals surface area (Å²) in [5.74, 6) is -1.81. The van der Waals surface area contributed by atoms with Crippen molar-refractivity contribution in [3.63, 3.8) is 0 Å². The maximum Gasteiger partial charge on any atom is 0.338 e. The lowest BCUT2D eigenvalue weighted by Crippen LogP contribution is -2.29. The van der Waals surface area contributed by atoms with E-state index >= 15 is 0 Å². The van der Waals surface area contributed by atoms with Gasteiger partial charge in [-0.25, -0.2) is 14.5 Å². The Morgan fingerprint density at radius 2 is 1.26 bits per heavy atom. The van der Waals surface area contributed by atoms with Gasteiger partial charge in [-0.05, 0) is 23.8 Å². The highest BCUT2D eigenvalue weighted by molar-refractivity contribution is 6.31. The minimum atomic E-state index is -0.579. The average Bonchev–Trinajstić information content (AvgIpc) is 3.56. The molecule has 0 N–H and O–H groups in total. The number of para-hydroxylation sites is 1. The van der Waals surface area contributed by atoms with Gasteiger partial charge in [0.05, 0.1) is 11.1 Å². The number of hydrogen-bond acceptors (Lipinski definition) is 6. The third-order valence-electron chi connectivity index (χ3n) is 5.02. The summed E-state index contributed by atoms with van der Waals surface area (Å²) in [6.07, 6.45) is 6.57. The van der Waals surface area contributed by atoms with Gasteiger partial charge in [-0.3, -0.25) is 9.59 Å². The van der Waals surface area contributed by atoms with Crippen LogP contribution in [0.15, 0.2) is 108 Å². The van der Waals surface area contributed by atoms with Crippen molar-refractivity contribution in [3.8, 4) is 0 Å². The molecule has 2 aliphatic heterocycles. The van der Waals surface area contributed by atoms with Gasteiger partial charge in [-0.2, -0.15) is 0 Å². The molecular weight excluding hydrogens is 446 g/mol. The quantitative estimate of drug-likeness (QED) is 0.236. The summed E-state index contributed by atoms with van der Waals surface area (Å²) < 4.78 is 9.73. The Morgan fingerprint density at radius 3 is 1.83 bits per heavy atom. The SMILES string of the molecule is C=Cc1ccccc1.O=C1C=CC(=O)N1c1cccc2oc3ccccc3c12.O=C1C=CC(=O)O1. The average molecular weight is 465 g/mol. The van der Waals surface area contributed by atoms with Crippen molar-refractivity contribution in [2.75, 3.05) is 4.90 Å². The molecule has 0 unspecified atom stereocenters. The summed E-state index contributed by atoms with van der Waals surface area (Å²) >= 11 is 0. The van der Waals surface area contributed by atoms with Gasteiger partial charge in [0, 0.05) is 29.7 Å². The van der Waals surface area contributed by atoms with Crippen molar-refractivity contribution in [1.29, 1.82) is 0 Å². The Labute approximate surface area is 200 Å². The van der Waals surface area contributed by atoms with Crippen molar-refractivity contribution in [3.05, 3.63) is 109 Å². The maximum atomic E-state index is 11.9. The number of ether oxygens (including phenoxy) is 1. The zero-order valence-electron chi connectivity index (χ0n) is 18.4. The number of carbonyl (C=O) groups excluding carboxylic acids is 4. The molecule has 0 atom stereocenters. The predicted octanol–water partition coefficient (Wildman–Crippen LogP) is 4.97. The number of rotatable bonds is 2. The lowest BCUT2D eigenvalue weighted by Gasteiger charge is -2.14. The summed E-state index contributed by atoms with van der Waals surface area (Å²) in [6, 6.07) is 23.0. The topological polar surface area (TPSA) is 93.9 Å². The van der Waals surface area contributed by atoms with E-state index in [0.29, 0.717) is 11.3 Å². The summed E-state index contributed by atoms with van der Waals surface area (Å²) in [4.78, 5) is 44.8. The predicted molar refractivity (Wildman–Crippen MR) is 132 cm³/mol. The van der Waals surface area contributed by atoms with E-state index in [4.69, 9.17) is 4.42 Å². The normalized spacial score (nSPS) is 14.0. The molecule has 0 fully saturated rings. The van der Waals surface area contributed by atoms with Crippen molar-refractivity contribution < 1.29 is 28.3 Å². The molecule has 0 spiro atoms. The molecule has 0 aliphatic carbocycles. The third kappa shape index (κ3) is 5.15. The van der Waals surface area contributed by atoms with Crippen molar-refractivity contribution >= 4 is 57.5 Å². The molecule has 7 heteroatoms. The first-order valence-electron chi connectivity index (χ1n) is 10.6. The molecule has 7 nitrogen and oxygen atoms in total. The number of fused-ring (bicyclic) bond motifs is 3. The number of esters is 2. The van der Waals surface area contributed by atoms with Gasteiger partial charge >= 0.3 is 11.9 Å². The van der Waals surface area contributed by atoms with Gasteiger partial charge in [-0.15, -0.1) is 0 Å². The Morgan fingerprint density at radius 1 is 0.657 bits per heavy atom. The standard InChI is InChI=1S/C16H9NO3.C8H8.C4H2O3/c18-14-8-9-15(19)17(14)11-5-3-7-13-16(11)10-4-1-2-6-12(10)20-13;1-2-8-6-4-3-5-7-8;5-3-1-2-4(6)7-3/h1-9H;2-7H,1H2;1-2H. The molecule has 3 heterocycles. The molecule has 172 valence electrons. The number of hydrogen-bond donors (Lipinski definition) is 0. The second kappa shape index (κ2) is 10.3. The van der Waals surface area contributed by atoms with Gasteiger partial charge in [0.15, 0.2) is 0 Å². The number of benzene rings is 3. The van der Waals surface area contributed by atoms with Crippen LogP contribution in [0.3, 0.4) is 0 Å². The van der Waals surface area contributed by atoms with Crippen LogP contribution in [0.2, 0.25) is 0 Å². The number of cyclic esters (lactones) is 2. The minimum absolute atomic E-state index is 0.326. The van der Waals surface area contributed by atoms with Gasteiger partial charge < -0.3 is 9.15 Å². The van der Waals surface area contributed by atoms with E-state index in [1.165, 1.54) is 22.6 Å².